The average molecular weight is 385 g/mol. The maximum Gasteiger partial charge on any atom is 0.416 e. The Morgan fingerprint density at radius 1 is 0.920 bits per heavy atom. The van der Waals surface area contributed by atoms with Crippen LogP contribution in [0, 0.1) is 0 Å². The minimum atomic E-state index is -4.46. The smallest absolute Gasteiger partial charge is 0.339 e. The van der Waals surface area contributed by atoms with Crippen molar-refractivity contribution in [2.24, 2.45) is 0 Å². The van der Waals surface area contributed by atoms with E-state index >= 15 is 0 Å². The van der Waals surface area contributed by atoms with Gasteiger partial charge in [-0.15, -0.1) is 0 Å². The molecule has 0 saturated heterocycles. The molecule has 3 rings (SSSR count). The minimum absolute atomic E-state index is 0.0879. The number of benzene rings is 1. The van der Waals surface area contributed by atoms with Gasteiger partial charge >= 0.3 is 6.18 Å². The molecular formula is C16H9Cl2F3N4. The molecule has 9 heteroatoms. The fourth-order valence-corrected chi connectivity index (χ4v) is 2.45. The van der Waals surface area contributed by atoms with Gasteiger partial charge in [-0.3, -0.25) is 4.98 Å². The van der Waals surface area contributed by atoms with Gasteiger partial charge in [-0.05, 0) is 30.3 Å². The van der Waals surface area contributed by atoms with Crippen LogP contribution in [0.3, 0.4) is 0 Å². The van der Waals surface area contributed by atoms with E-state index in [1.54, 1.807) is 24.5 Å². The fraction of sp³-hybridized carbons (Fsp3) is 0.0625. The Bertz CT molecular complexity index is 902. The van der Waals surface area contributed by atoms with Gasteiger partial charge in [-0.25, -0.2) is 9.97 Å². The monoisotopic (exact) mass is 384 g/mol. The van der Waals surface area contributed by atoms with Gasteiger partial charge in [0, 0.05) is 24.0 Å². The van der Waals surface area contributed by atoms with Crippen molar-refractivity contribution >= 4 is 34.7 Å². The Morgan fingerprint density at radius 2 is 1.64 bits per heavy atom. The molecule has 25 heavy (non-hydrogen) atoms. The first-order chi connectivity index (χ1) is 11.8. The summed E-state index contributed by atoms with van der Waals surface area (Å²) < 4.78 is 38.1. The van der Waals surface area contributed by atoms with E-state index in [2.05, 4.69) is 20.3 Å². The maximum absolute atomic E-state index is 12.7. The molecule has 1 N–H and O–H groups in total. The van der Waals surface area contributed by atoms with E-state index in [0.717, 1.165) is 12.1 Å². The van der Waals surface area contributed by atoms with Gasteiger partial charge in [0.2, 0.25) is 0 Å². The number of nitrogens with one attached hydrogen (secondary N) is 1. The van der Waals surface area contributed by atoms with Gasteiger partial charge < -0.3 is 5.32 Å². The maximum atomic E-state index is 12.7. The largest absolute Gasteiger partial charge is 0.416 e. The molecule has 2 aromatic heterocycles. The lowest BCUT2D eigenvalue weighted by Gasteiger charge is -2.12. The Labute approximate surface area is 150 Å². The molecule has 0 spiro atoms. The van der Waals surface area contributed by atoms with Crippen molar-refractivity contribution in [3.63, 3.8) is 0 Å². The van der Waals surface area contributed by atoms with Gasteiger partial charge in [-0.2, -0.15) is 13.2 Å². The quantitative estimate of drug-likeness (QED) is 0.596. The molecule has 3 aromatic rings. The Hall–Kier alpha value is -2.38. The molecule has 4 nitrogen and oxygen atoms in total. The number of rotatable bonds is 3. The van der Waals surface area contributed by atoms with Crippen molar-refractivity contribution in [1.29, 1.82) is 0 Å². The molecule has 0 fully saturated rings. The molecule has 0 atom stereocenters. The van der Waals surface area contributed by atoms with Gasteiger partial charge in [0.1, 0.15) is 11.0 Å². The van der Waals surface area contributed by atoms with Crippen molar-refractivity contribution in [2.75, 3.05) is 5.32 Å². The van der Waals surface area contributed by atoms with Crippen LogP contribution < -0.4 is 5.32 Å². The third kappa shape index (κ3) is 4.18. The van der Waals surface area contributed by atoms with E-state index in [9.17, 15) is 13.2 Å². The molecule has 128 valence electrons. The van der Waals surface area contributed by atoms with E-state index in [0.29, 0.717) is 17.2 Å². The SMILES string of the molecule is FC(F)(F)c1ccc(Nc2cc(Cl)nc(-c3ccncc3)n2)c(Cl)c1. The Morgan fingerprint density at radius 3 is 2.28 bits per heavy atom. The molecule has 0 radical (unpaired) electrons. The summed E-state index contributed by atoms with van der Waals surface area (Å²) >= 11 is 11.9. The van der Waals surface area contributed by atoms with Crippen LogP contribution in [-0.4, -0.2) is 15.0 Å². The average Bonchev–Trinajstić information content (AvgIpc) is 2.56. The van der Waals surface area contributed by atoms with Crippen LogP contribution in [0.25, 0.3) is 11.4 Å². The van der Waals surface area contributed by atoms with E-state index in [-0.39, 0.29) is 15.9 Å². The lowest BCUT2D eigenvalue weighted by Crippen LogP contribution is -2.05. The number of alkyl halides is 3. The van der Waals surface area contributed by atoms with Crippen LogP contribution in [0.2, 0.25) is 10.2 Å². The molecule has 0 amide bonds. The standard InChI is InChI=1S/C16H9Cl2F3N4/c17-11-7-10(16(19,20)21)1-2-12(11)23-14-8-13(18)24-15(25-14)9-3-5-22-6-4-9/h1-8H,(H,23,24,25). The lowest BCUT2D eigenvalue weighted by atomic mass is 10.2. The lowest BCUT2D eigenvalue weighted by molar-refractivity contribution is -0.137. The zero-order valence-electron chi connectivity index (χ0n) is 12.4. The second-order valence-electron chi connectivity index (χ2n) is 4.95. The number of pyridine rings is 1. The van der Waals surface area contributed by atoms with Gasteiger partial charge in [-0.1, -0.05) is 23.2 Å². The number of anilines is 2. The first-order valence-corrected chi connectivity index (χ1v) is 7.67. The third-order valence-electron chi connectivity index (χ3n) is 3.19. The summed E-state index contributed by atoms with van der Waals surface area (Å²) in [7, 11) is 0. The van der Waals surface area contributed by atoms with Gasteiger partial charge in [0.05, 0.1) is 16.3 Å². The van der Waals surface area contributed by atoms with E-state index in [1.807, 2.05) is 0 Å². The summed E-state index contributed by atoms with van der Waals surface area (Å²) in [5, 5.41) is 2.94. The predicted octanol–water partition coefficient (Wildman–Crippen LogP) is 5.61. The van der Waals surface area contributed by atoms with Crippen LogP contribution in [0.1, 0.15) is 5.56 Å². The zero-order valence-corrected chi connectivity index (χ0v) is 13.9. The first-order valence-electron chi connectivity index (χ1n) is 6.92. The van der Waals surface area contributed by atoms with Crippen LogP contribution in [0.5, 0.6) is 0 Å². The second kappa shape index (κ2) is 6.85. The summed E-state index contributed by atoms with van der Waals surface area (Å²) in [5.74, 6) is 0.647. The number of hydrogen-bond donors (Lipinski definition) is 1. The summed E-state index contributed by atoms with van der Waals surface area (Å²) in [5.41, 5.74) is 0.130. The molecule has 0 aliphatic carbocycles. The molecule has 0 unspecified atom stereocenters. The van der Waals surface area contributed by atoms with Gasteiger partial charge in [0.15, 0.2) is 5.82 Å². The number of halogens is 5. The highest BCUT2D eigenvalue weighted by atomic mass is 35.5. The van der Waals surface area contributed by atoms with Crippen LogP contribution in [0.15, 0.2) is 48.8 Å². The Kier molecular flexibility index (Phi) is 4.78. The topological polar surface area (TPSA) is 50.7 Å². The predicted molar refractivity (Wildman–Crippen MR) is 90.0 cm³/mol. The highest BCUT2D eigenvalue weighted by molar-refractivity contribution is 6.33. The normalized spacial score (nSPS) is 11.4. The number of aromatic nitrogens is 3. The minimum Gasteiger partial charge on any atom is -0.339 e. The third-order valence-corrected chi connectivity index (χ3v) is 3.70. The van der Waals surface area contributed by atoms with Crippen molar-refractivity contribution in [2.45, 2.75) is 6.18 Å². The molecular weight excluding hydrogens is 376 g/mol. The zero-order chi connectivity index (χ0) is 18.0. The van der Waals surface area contributed by atoms with Crippen molar-refractivity contribution in [1.82, 2.24) is 15.0 Å². The summed E-state index contributed by atoms with van der Waals surface area (Å²) in [6, 6.07) is 7.87. The van der Waals surface area contributed by atoms with Crippen LogP contribution in [-0.2, 0) is 6.18 Å². The van der Waals surface area contributed by atoms with E-state index < -0.39 is 11.7 Å². The summed E-state index contributed by atoms with van der Waals surface area (Å²) in [6.45, 7) is 0. The van der Waals surface area contributed by atoms with E-state index in [1.165, 1.54) is 12.1 Å². The molecule has 0 bridgehead atoms. The molecule has 0 aliphatic rings. The second-order valence-corrected chi connectivity index (χ2v) is 5.75. The summed E-state index contributed by atoms with van der Waals surface area (Å²) in [4.78, 5) is 12.3. The Balaban J connectivity index is 1.92. The van der Waals surface area contributed by atoms with Gasteiger partial charge in [0.25, 0.3) is 0 Å². The molecule has 2 heterocycles. The molecule has 1 aromatic carbocycles. The first kappa shape index (κ1) is 17.4. The van der Waals surface area contributed by atoms with Crippen LogP contribution in [0.4, 0.5) is 24.7 Å². The molecule has 0 aliphatic heterocycles. The summed E-state index contributed by atoms with van der Waals surface area (Å²) in [6.07, 6.45) is -1.30. The molecule has 0 saturated carbocycles. The van der Waals surface area contributed by atoms with Crippen molar-refractivity contribution < 1.29 is 13.2 Å². The number of nitrogens with zero attached hydrogens (tertiary/aromatic N) is 3. The fourth-order valence-electron chi connectivity index (χ4n) is 2.04. The van der Waals surface area contributed by atoms with E-state index in [4.69, 9.17) is 23.2 Å². The van der Waals surface area contributed by atoms with Crippen molar-refractivity contribution in [3.8, 4) is 11.4 Å². The highest BCUT2D eigenvalue weighted by Crippen LogP contribution is 2.34. The number of hydrogen-bond acceptors (Lipinski definition) is 4. The van der Waals surface area contributed by atoms with Crippen LogP contribution >= 0.6 is 23.2 Å². The highest BCUT2D eigenvalue weighted by Gasteiger charge is 2.30. The van der Waals surface area contributed by atoms with Crippen molar-refractivity contribution in [3.05, 3.63) is 64.5 Å².